The maximum absolute atomic E-state index is 11.8. The van der Waals surface area contributed by atoms with Crippen LogP contribution < -0.4 is 0 Å². The number of ether oxygens (including phenoxy) is 1. The number of halogens is 1. The lowest BCUT2D eigenvalue weighted by atomic mass is 10.1. The summed E-state index contributed by atoms with van der Waals surface area (Å²) in [6.07, 6.45) is 3.08. The lowest BCUT2D eigenvalue weighted by Gasteiger charge is -2.27. The number of nitrogens with zero attached hydrogens (tertiary/aromatic N) is 1. The largest absolute Gasteiger partial charge is 0.456 e. The summed E-state index contributed by atoms with van der Waals surface area (Å²) in [5.41, 5.74) is -0.506. The third-order valence-electron chi connectivity index (χ3n) is 2.01. The Morgan fingerprint density at radius 3 is 2.62 bits per heavy atom. The normalized spacial score (nSPS) is 21.4. The molecule has 16 heavy (non-hydrogen) atoms. The summed E-state index contributed by atoms with van der Waals surface area (Å²) in [6, 6.07) is 0. The third-order valence-corrected chi connectivity index (χ3v) is 2.34. The van der Waals surface area contributed by atoms with Crippen molar-refractivity contribution < 1.29 is 14.7 Å². The first-order valence-corrected chi connectivity index (χ1v) is 5.40. The number of esters is 1. The summed E-state index contributed by atoms with van der Waals surface area (Å²) >= 11 is 5.77. The summed E-state index contributed by atoms with van der Waals surface area (Å²) in [7, 11) is 0. The van der Waals surface area contributed by atoms with Crippen molar-refractivity contribution in [2.45, 2.75) is 38.8 Å². The second-order valence-electron chi connectivity index (χ2n) is 4.58. The molecule has 0 aromatic carbocycles. The van der Waals surface area contributed by atoms with Crippen LogP contribution in [0.25, 0.3) is 0 Å². The van der Waals surface area contributed by atoms with Gasteiger partial charge in [0.15, 0.2) is 0 Å². The monoisotopic (exact) mass is 245 g/mol. The van der Waals surface area contributed by atoms with E-state index >= 15 is 0 Å². The van der Waals surface area contributed by atoms with Gasteiger partial charge in [0, 0.05) is 0 Å². The fourth-order valence-corrected chi connectivity index (χ4v) is 1.45. The van der Waals surface area contributed by atoms with Crippen molar-refractivity contribution in [3.05, 3.63) is 23.4 Å². The lowest BCUT2D eigenvalue weighted by Crippen LogP contribution is -2.32. The Balaban J connectivity index is 2.89. The third kappa shape index (κ3) is 3.00. The van der Waals surface area contributed by atoms with Crippen molar-refractivity contribution >= 4 is 17.6 Å². The highest BCUT2D eigenvalue weighted by atomic mass is 35.5. The molecule has 0 amide bonds. The molecule has 0 aliphatic carbocycles. The SMILES string of the molecule is CC1=C(C(=O)OC(C)(C)C)C=C[C@@H](Cl)N1O. The van der Waals surface area contributed by atoms with Crippen LogP contribution in [0.1, 0.15) is 27.7 Å². The van der Waals surface area contributed by atoms with Crippen molar-refractivity contribution in [2.75, 3.05) is 0 Å². The number of rotatable bonds is 1. The number of carbonyl (C=O) groups is 1. The van der Waals surface area contributed by atoms with Gasteiger partial charge in [-0.2, -0.15) is 0 Å². The number of carbonyl (C=O) groups excluding carboxylic acids is 1. The molecule has 1 rings (SSSR count). The first-order chi connectivity index (χ1) is 7.22. The Labute approximate surface area is 100 Å². The van der Waals surface area contributed by atoms with Gasteiger partial charge in [-0.15, -0.1) is 0 Å². The van der Waals surface area contributed by atoms with Gasteiger partial charge >= 0.3 is 5.97 Å². The molecule has 4 nitrogen and oxygen atoms in total. The molecule has 0 bridgehead atoms. The highest BCUT2D eigenvalue weighted by molar-refractivity contribution is 6.21. The van der Waals surface area contributed by atoms with Gasteiger partial charge in [0.25, 0.3) is 0 Å². The second kappa shape index (κ2) is 4.47. The molecule has 0 radical (unpaired) electrons. The quantitative estimate of drug-likeness (QED) is 0.438. The van der Waals surface area contributed by atoms with Crippen LogP contribution in [0.2, 0.25) is 0 Å². The Morgan fingerprint density at radius 1 is 1.56 bits per heavy atom. The van der Waals surface area contributed by atoms with E-state index in [4.69, 9.17) is 16.3 Å². The van der Waals surface area contributed by atoms with Crippen LogP contribution in [-0.2, 0) is 9.53 Å². The zero-order valence-electron chi connectivity index (χ0n) is 9.82. The maximum atomic E-state index is 11.8. The van der Waals surface area contributed by atoms with Crippen LogP contribution in [0, 0.1) is 0 Å². The minimum atomic E-state index is -0.647. The molecule has 90 valence electrons. The topological polar surface area (TPSA) is 49.8 Å². The van der Waals surface area contributed by atoms with Crippen LogP contribution in [0.4, 0.5) is 0 Å². The summed E-state index contributed by atoms with van der Waals surface area (Å²) in [5, 5.41) is 10.4. The van der Waals surface area contributed by atoms with Crippen molar-refractivity contribution in [3.8, 4) is 0 Å². The van der Waals surface area contributed by atoms with Crippen LogP contribution >= 0.6 is 11.6 Å². The Bertz CT molecular complexity index is 355. The standard InChI is InChI=1S/C11H16ClNO3/c1-7-8(5-6-9(12)13(7)15)10(14)16-11(2,3)4/h5-6,9,15H,1-4H3/t9-/m0/s1. The van der Waals surface area contributed by atoms with Crippen molar-refractivity contribution in [3.63, 3.8) is 0 Å². The highest BCUT2D eigenvalue weighted by Crippen LogP contribution is 2.23. The van der Waals surface area contributed by atoms with Crippen LogP contribution in [0.5, 0.6) is 0 Å². The van der Waals surface area contributed by atoms with Crippen molar-refractivity contribution in [1.29, 1.82) is 0 Å². The maximum Gasteiger partial charge on any atom is 0.340 e. The first-order valence-electron chi connectivity index (χ1n) is 4.97. The molecule has 1 aliphatic heterocycles. The predicted octanol–water partition coefficient (Wildman–Crippen LogP) is 2.43. The number of hydrogen-bond acceptors (Lipinski definition) is 4. The molecule has 0 aromatic heterocycles. The smallest absolute Gasteiger partial charge is 0.340 e. The molecule has 0 aromatic rings. The van der Waals surface area contributed by atoms with Crippen LogP contribution in [0.15, 0.2) is 23.4 Å². The summed E-state index contributed by atoms with van der Waals surface area (Å²) < 4.78 is 5.20. The van der Waals surface area contributed by atoms with E-state index in [0.717, 1.165) is 5.06 Å². The first kappa shape index (κ1) is 13.1. The molecule has 1 N–H and O–H groups in total. The molecule has 0 saturated heterocycles. The minimum Gasteiger partial charge on any atom is -0.456 e. The summed E-state index contributed by atoms with van der Waals surface area (Å²) in [4.78, 5) is 11.8. The lowest BCUT2D eigenvalue weighted by molar-refractivity contribution is -0.150. The van der Waals surface area contributed by atoms with E-state index in [1.807, 2.05) is 0 Å². The zero-order chi connectivity index (χ0) is 12.5. The van der Waals surface area contributed by atoms with E-state index in [1.165, 1.54) is 6.08 Å². The fraction of sp³-hybridized carbons (Fsp3) is 0.545. The van der Waals surface area contributed by atoms with Gasteiger partial charge in [0.1, 0.15) is 11.1 Å². The van der Waals surface area contributed by atoms with E-state index in [-0.39, 0.29) is 0 Å². The molecule has 1 atom stereocenters. The molecule has 0 fully saturated rings. The van der Waals surface area contributed by atoms with Gasteiger partial charge in [-0.05, 0) is 39.8 Å². The van der Waals surface area contributed by atoms with E-state index in [0.29, 0.717) is 11.3 Å². The van der Waals surface area contributed by atoms with Crippen LogP contribution in [-0.4, -0.2) is 27.3 Å². The van der Waals surface area contributed by atoms with E-state index in [1.54, 1.807) is 33.8 Å². The number of hydrogen-bond donors (Lipinski definition) is 1. The average Bonchev–Trinajstić information content (AvgIpc) is 2.11. The molecule has 1 aliphatic rings. The molecule has 5 heteroatoms. The molecular formula is C11H16ClNO3. The van der Waals surface area contributed by atoms with Crippen molar-refractivity contribution in [2.24, 2.45) is 0 Å². The predicted molar refractivity (Wildman–Crippen MR) is 61.0 cm³/mol. The molecular weight excluding hydrogens is 230 g/mol. The molecule has 0 unspecified atom stereocenters. The Morgan fingerprint density at radius 2 is 2.12 bits per heavy atom. The van der Waals surface area contributed by atoms with Crippen LogP contribution in [0.3, 0.4) is 0 Å². The van der Waals surface area contributed by atoms with Gasteiger partial charge in [-0.3, -0.25) is 5.21 Å². The molecule has 1 heterocycles. The number of hydroxylamine groups is 2. The van der Waals surface area contributed by atoms with Gasteiger partial charge in [-0.25, -0.2) is 9.86 Å². The molecule has 0 saturated carbocycles. The van der Waals surface area contributed by atoms with Gasteiger partial charge < -0.3 is 4.74 Å². The number of alkyl halides is 1. The summed E-state index contributed by atoms with van der Waals surface area (Å²) in [6.45, 7) is 6.97. The zero-order valence-corrected chi connectivity index (χ0v) is 10.6. The molecule has 0 spiro atoms. The minimum absolute atomic E-state index is 0.314. The Hall–Kier alpha value is -1.00. The average molecular weight is 246 g/mol. The second-order valence-corrected chi connectivity index (χ2v) is 5.02. The van der Waals surface area contributed by atoms with E-state index in [2.05, 4.69) is 0 Å². The van der Waals surface area contributed by atoms with E-state index in [9.17, 15) is 10.0 Å². The summed E-state index contributed by atoms with van der Waals surface area (Å²) in [5.74, 6) is -0.469. The highest BCUT2D eigenvalue weighted by Gasteiger charge is 2.26. The van der Waals surface area contributed by atoms with Gasteiger partial charge in [0.05, 0.1) is 11.3 Å². The fourth-order valence-electron chi connectivity index (χ4n) is 1.23. The number of allylic oxidation sites excluding steroid dienone is 1. The Kier molecular flexibility index (Phi) is 3.65. The van der Waals surface area contributed by atoms with E-state index < -0.39 is 17.1 Å². The van der Waals surface area contributed by atoms with Gasteiger partial charge in [-0.1, -0.05) is 11.6 Å². The van der Waals surface area contributed by atoms with Crippen molar-refractivity contribution in [1.82, 2.24) is 5.06 Å². The van der Waals surface area contributed by atoms with Gasteiger partial charge in [0.2, 0.25) is 0 Å².